The zero-order chi connectivity index (χ0) is 8.60. The van der Waals surface area contributed by atoms with Crippen LogP contribution in [0.3, 0.4) is 0 Å². The smallest absolute Gasteiger partial charge is 0.282 e. The molecular formula is C8H14N2OS. The van der Waals surface area contributed by atoms with Gasteiger partial charge in [0.25, 0.3) is 6.02 Å². The number of nitrogens with two attached hydrogens (primary N) is 1. The van der Waals surface area contributed by atoms with Crippen molar-refractivity contribution in [1.82, 2.24) is 0 Å². The summed E-state index contributed by atoms with van der Waals surface area (Å²) in [6.07, 6.45) is 2.54. The van der Waals surface area contributed by atoms with Crippen molar-refractivity contribution < 1.29 is 4.74 Å². The Bertz CT molecular complexity index is 211. The van der Waals surface area contributed by atoms with Crippen molar-refractivity contribution in [3.05, 3.63) is 0 Å². The van der Waals surface area contributed by atoms with Crippen LogP contribution in [0.2, 0.25) is 0 Å². The lowest BCUT2D eigenvalue weighted by atomic mass is 9.97. The molecule has 68 valence electrons. The van der Waals surface area contributed by atoms with E-state index in [2.05, 4.69) is 11.9 Å². The quantitative estimate of drug-likeness (QED) is 0.664. The largest absolute Gasteiger partial charge is 0.463 e. The van der Waals surface area contributed by atoms with Gasteiger partial charge in [-0.2, -0.15) is 11.8 Å². The van der Waals surface area contributed by atoms with Crippen molar-refractivity contribution in [2.75, 3.05) is 12.4 Å². The number of thioether (sulfide) groups is 1. The van der Waals surface area contributed by atoms with E-state index in [1.807, 2.05) is 11.8 Å². The molecule has 2 aliphatic heterocycles. The topological polar surface area (TPSA) is 47.6 Å². The predicted molar refractivity (Wildman–Crippen MR) is 51.5 cm³/mol. The van der Waals surface area contributed by atoms with E-state index >= 15 is 0 Å². The normalized spacial score (nSPS) is 41.1. The second kappa shape index (κ2) is 2.83. The minimum absolute atomic E-state index is 0.279. The lowest BCUT2D eigenvalue weighted by Gasteiger charge is -2.25. The Hall–Kier alpha value is -0.380. The van der Waals surface area contributed by atoms with E-state index in [9.17, 15) is 0 Å². The molecule has 0 saturated carbocycles. The molecule has 2 aliphatic rings. The molecule has 0 aromatic carbocycles. The minimum Gasteiger partial charge on any atom is -0.463 e. The molecule has 4 heteroatoms. The van der Waals surface area contributed by atoms with Crippen LogP contribution >= 0.6 is 11.8 Å². The summed E-state index contributed by atoms with van der Waals surface area (Å²) in [4.78, 5) is 4.29. The second-order valence-corrected chi connectivity index (χ2v) is 5.19. The molecule has 12 heavy (non-hydrogen) atoms. The van der Waals surface area contributed by atoms with Gasteiger partial charge in [-0.25, -0.2) is 4.99 Å². The third-order valence-electron chi connectivity index (χ3n) is 2.63. The van der Waals surface area contributed by atoms with Crippen LogP contribution < -0.4 is 5.73 Å². The average molecular weight is 186 g/mol. The van der Waals surface area contributed by atoms with Gasteiger partial charge in [0, 0.05) is 4.75 Å². The highest BCUT2D eigenvalue weighted by Gasteiger charge is 2.40. The highest BCUT2D eigenvalue weighted by molar-refractivity contribution is 8.00. The van der Waals surface area contributed by atoms with E-state index in [1.165, 1.54) is 18.6 Å². The van der Waals surface area contributed by atoms with Gasteiger partial charge >= 0.3 is 0 Å². The number of rotatable bonds is 1. The summed E-state index contributed by atoms with van der Waals surface area (Å²) >= 11 is 2.00. The number of nitrogens with zero attached hydrogens (tertiary/aromatic N) is 1. The summed E-state index contributed by atoms with van der Waals surface area (Å²) in [6.45, 7) is 2.94. The maximum absolute atomic E-state index is 5.47. The third kappa shape index (κ3) is 1.28. The van der Waals surface area contributed by atoms with E-state index in [-0.39, 0.29) is 10.8 Å². The summed E-state index contributed by atoms with van der Waals surface area (Å²) in [5.41, 5.74) is 5.47. The summed E-state index contributed by atoms with van der Waals surface area (Å²) in [7, 11) is 0. The zero-order valence-electron chi connectivity index (χ0n) is 7.25. The molecule has 0 aliphatic carbocycles. The van der Waals surface area contributed by atoms with E-state index in [0.29, 0.717) is 12.6 Å². The first-order valence-electron chi connectivity index (χ1n) is 4.31. The molecule has 0 bridgehead atoms. The fourth-order valence-electron chi connectivity index (χ4n) is 1.77. The van der Waals surface area contributed by atoms with Crippen molar-refractivity contribution in [2.24, 2.45) is 10.7 Å². The number of hydrogen-bond acceptors (Lipinski definition) is 4. The molecule has 0 radical (unpaired) electrons. The standard InChI is InChI=1S/C8H14N2OS/c1-8(3-2-4-12-8)6-5-11-7(9)10-6/h6H,2-5H2,1H3,(H2,9,10). The Balaban J connectivity index is 2.08. The maximum atomic E-state index is 5.47. The Morgan fingerprint density at radius 3 is 3.08 bits per heavy atom. The molecule has 0 spiro atoms. The Labute approximate surface area is 76.8 Å². The van der Waals surface area contributed by atoms with Gasteiger partial charge in [-0.05, 0) is 25.5 Å². The Morgan fingerprint density at radius 2 is 2.58 bits per heavy atom. The summed E-state index contributed by atoms with van der Waals surface area (Å²) < 4.78 is 5.44. The fraction of sp³-hybridized carbons (Fsp3) is 0.875. The van der Waals surface area contributed by atoms with Gasteiger partial charge in [0.2, 0.25) is 0 Å². The first-order chi connectivity index (χ1) is 5.71. The van der Waals surface area contributed by atoms with Crippen molar-refractivity contribution in [1.29, 1.82) is 0 Å². The summed E-state index contributed by atoms with van der Waals surface area (Å²) in [6, 6.07) is 0.652. The molecule has 2 rings (SSSR count). The zero-order valence-corrected chi connectivity index (χ0v) is 8.06. The fourth-order valence-corrected chi connectivity index (χ4v) is 3.13. The van der Waals surface area contributed by atoms with Crippen molar-refractivity contribution in [2.45, 2.75) is 30.6 Å². The van der Waals surface area contributed by atoms with Crippen LogP contribution in [0.1, 0.15) is 19.8 Å². The Kier molecular flexibility index (Phi) is 1.94. The monoisotopic (exact) mass is 186 g/mol. The van der Waals surface area contributed by atoms with E-state index in [1.54, 1.807) is 0 Å². The molecule has 0 aromatic heterocycles. The molecule has 2 heterocycles. The van der Waals surface area contributed by atoms with Crippen molar-refractivity contribution in [3.8, 4) is 0 Å². The van der Waals surface area contributed by atoms with Gasteiger partial charge in [0.05, 0.1) is 0 Å². The molecule has 2 unspecified atom stereocenters. The molecule has 0 aromatic rings. The van der Waals surface area contributed by atoms with Gasteiger partial charge in [-0.15, -0.1) is 0 Å². The van der Waals surface area contributed by atoms with Crippen LogP contribution in [0.15, 0.2) is 4.99 Å². The number of aliphatic imine (C=N–C) groups is 1. The molecular weight excluding hydrogens is 172 g/mol. The maximum Gasteiger partial charge on any atom is 0.282 e. The Morgan fingerprint density at radius 1 is 1.75 bits per heavy atom. The molecule has 0 amide bonds. The van der Waals surface area contributed by atoms with Gasteiger partial charge in [0.1, 0.15) is 12.6 Å². The summed E-state index contributed by atoms with van der Waals surface area (Å²) in [5.74, 6) is 1.25. The van der Waals surface area contributed by atoms with Gasteiger partial charge < -0.3 is 10.5 Å². The number of hydrogen-bond donors (Lipinski definition) is 1. The van der Waals surface area contributed by atoms with Crippen LogP contribution in [0.4, 0.5) is 0 Å². The van der Waals surface area contributed by atoms with E-state index < -0.39 is 0 Å². The van der Waals surface area contributed by atoms with Gasteiger partial charge in [-0.3, -0.25) is 0 Å². The van der Waals surface area contributed by atoms with E-state index in [4.69, 9.17) is 10.5 Å². The number of amidine groups is 1. The molecule has 1 fully saturated rings. The van der Waals surface area contributed by atoms with Crippen LogP contribution in [0.25, 0.3) is 0 Å². The van der Waals surface area contributed by atoms with Crippen molar-refractivity contribution >= 4 is 17.8 Å². The lowest BCUT2D eigenvalue weighted by Crippen LogP contribution is -2.33. The van der Waals surface area contributed by atoms with Gasteiger partial charge in [0.15, 0.2) is 0 Å². The van der Waals surface area contributed by atoms with Crippen LogP contribution in [-0.2, 0) is 4.74 Å². The lowest BCUT2D eigenvalue weighted by molar-refractivity contribution is 0.291. The summed E-state index contributed by atoms with van der Waals surface area (Å²) in [5, 5.41) is 0. The average Bonchev–Trinajstić information content (AvgIpc) is 2.59. The highest BCUT2D eigenvalue weighted by Crippen LogP contribution is 2.42. The SMILES string of the molecule is CC1(C2COC(N)=N2)CCCS1. The molecule has 2 N–H and O–H groups in total. The predicted octanol–water partition coefficient (Wildman–Crippen LogP) is 0.986. The molecule has 1 saturated heterocycles. The number of ether oxygens (including phenoxy) is 1. The minimum atomic E-state index is 0.279. The van der Waals surface area contributed by atoms with Crippen LogP contribution in [-0.4, -0.2) is 29.2 Å². The second-order valence-electron chi connectivity index (χ2n) is 3.56. The van der Waals surface area contributed by atoms with Crippen molar-refractivity contribution in [3.63, 3.8) is 0 Å². The van der Waals surface area contributed by atoms with E-state index in [0.717, 1.165) is 0 Å². The first-order valence-corrected chi connectivity index (χ1v) is 5.29. The van der Waals surface area contributed by atoms with Gasteiger partial charge in [-0.1, -0.05) is 0 Å². The first kappa shape index (κ1) is 8.23. The van der Waals surface area contributed by atoms with Crippen LogP contribution in [0, 0.1) is 0 Å². The molecule has 3 nitrogen and oxygen atoms in total. The third-order valence-corrected chi connectivity index (χ3v) is 4.25. The highest BCUT2D eigenvalue weighted by atomic mass is 32.2. The molecule has 2 atom stereocenters. The van der Waals surface area contributed by atoms with Crippen LogP contribution in [0.5, 0.6) is 0 Å².